The molecule has 0 spiro atoms. The fourth-order valence-electron chi connectivity index (χ4n) is 3.88. The Hall–Kier alpha value is -1.10. The molecular formula is C16H29N3O2. The van der Waals surface area contributed by atoms with Gasteiger partial charge in [0.2, 0.25) is 11.8 Å². The van der Waals surface area contributed by atoms with Gasteiger partial charge >= 0.3 is 0 Å². The molecule has 0 aromatic heterocycles. The van der Waals surface area contributed by atoms with Crippen LogP contribution in [0.4, 0.5) is 0 Å². The van der Waals surface area contributed by atoms with E-state index in [2.05, 4.69) is 6.92 Å². The molecule has 2 saturated carbocycles. The molecule has 4 N–H and O–H groups in total. The number of hydrogen-bond donors (Lipinski definition) is 2. The van der Waals surface area contributed by atoms with E-state index in [1.54, 1.807) is 4.90 Å². The van der Waals surface area contributed by atoms with E-state index in [9.17, 15) is 9.59 Å². The Bertz CT molecular complexity index is 383. The van der Waals surface area contributed by atoms with E-state index in [0.29, 0.717) is 12.5 Å². The molecule has 120 valence electrons. The first-order valence-corrected chi connectivity index (χ1v) is 8.28. The summed E-state index contributed by atoms with van der Waals surface area (Å²) in [4.78, 5) is 26.3. The summed E-state index contributed by atoms with van der Waals surface area (Å²) in [7, 11) is 0. The fraction of sp³-hybridized carbons (Fsp3) is 0.875. The largest absolute Gasteiger partial charge is 0.368 e. The van der Waals surface area contributed by atoms with Crippen LogP contribution >= 0.6 is 0 Å². The van der Waals surface area contributed by atoms with Gasteiger partial charge in [-0.1, -0.05) is 19.8 Å². The molecule has 2 rings (SSSR count). The zero-order valence-corrected chi connectivity index (χ0v) is 13.1. The van der Waals surface area contributed by atoms with Crippen LogP contribution in [0.15, 0.2) is 0 Å². The molecule has 2 fully saturated rings. The highest BCUT2D eigenvalue weighted by Gasteiger charge is 2.44. The van der Waals surface area contributed by atoms with E-state index >= 15 is 0 Å². The summed E-state index contributed by atoms with van der Waals surface area (Å²) in [6.45, 7) is 2.64. The maximum Gasteiger partial charge on any atom is 0.237 e. The maximum absolute atomic E-state index is 13.1. The topological polar surface area (TPSA) is 89.4 Å². The van der Waals surface area contributed by atoms with Gasteiger partial charge in [0.1, 0.15) is 0 Å². The molecule has 0 unspecified atom stereocenters. The highest BCUT2D eigenvalue weighted by Crippen LogP contribution is 2.40. The molecule has 0 aliphatic heterocycles. The third kappa shape index (κ3) is 3.57. The maximum atomic E-state index is 13.1. The van der Waals surface area contributed by atoms with E-state index in [0.717, 1.165) is 51.4 Å². The minimum absolute atomic E-state index is 0.0425. The van der Waals surface area contributed by atoms with Crippen molar-refractivity contribution in [1.29, 1.82) is 0 Å². The van der Waals surface area contributed by atoms with Crippen molar-refractivity contribution < 1.29 is 9.59 Å². The molecule has 0 heterocycles. The van der Waals surface area contributed by atoms with Crippen molar-refractivity contribution in [2.45, 2.75) is 64.3 Å². The van der Waals surface area contributed by atoms with E-state index in [-0.39, 0.29) is 18.5 Å². The first kappa shape index (κ1) is 16.3. The Balaban J connectivity index is 2.16. The zero-order chi connectivity index (χ0) is 15.5. The second-order valence-corrected chi connectivity index (χ2v) is 7.00. The fourth-order valence-corrected chi connectivity index (χ4v) is 3.88. The lowest BCUT2D eigenvalue weighted by Crippen LogP contribution is -2.54. The van der Waals surface area contributed by atoms with Gasteiger partial charge in [-0.15, -0.1) is 0 Å². The van der Waals surface area contributed by atoms with Crippen molar-refractivity contribution in [3.63, 3.8) is 0 Å². The number of carbonyl (C=O) groups excluding carboxylic acids is 2. The zero-order valence-electron chi connectivity index (χ0n) is 13.1. The number of nitrogens with two attached hydrogens (primary N) is 2. The number of rotatable bonds is 5. The minimum Gasteiger partial charge on any atom is -0.368 e. The number of amides is 2. The highest BCUT2D eigenvalue weighted by molar-refractivity contribution is 5.88. The van der Waals surface area contributed by atoms with Crippen LogP contribution in [0.3, 0.4) is 0 Å². The third-order valence-corrected chi connectivity index (χ3v) is 5.43. The first-order chi connectivity index (χ1) is 9.98. The predicted molar refractivity (Wildman–Crippen MR) is 82.3 cm³/mol. The Morgan fingerprint density at radius 2 is 1.71 bits per heavy atom. The van der Waals surface area contributed by atoms with Crippen LogP contribution in [0.5, 0.6) is 0 Å². The quantitative estimate of drug-likeness (QED) is 0.803. The lowest BCUT2D eigenvalue weighted by Gasteiger charge is -2.42. The summed E-state index contributed by atoms with van der Waals surface area (Å²) in [5.41, 5.74) is 10.9. The summed E-state index contributed by atoms with van der Waals surface area (Å²) >= 11 is 0. The second kappa shape index (κ2) is 6.77. The van der Waals surface area contributed by atoms with E-state index in [1.165, 1.54) is 0 Å². The third-order valence-electron chi connectivity index (χ3n) is 5.43. The van der Waals surface area contributed by atoms with Gasteiger partial charge < -0.3 is 16.4 Å². The van der Waals surface area contributed by atoms with Crippen molar-refractivity contribution in [3.8, 4) is 0 Å². The summed E-state index contributed by atoms with van der Waals surface area (Å²) in [5.74, 6) is 0.308. The van der Waals surface area contributed by atoms with Crippen LogP contribution in [0, 0.1) is 11.3 Å². The Labute approximate surface area is 127 Å². The first-order valence-electron chi connectivity index (χ1n) is 8.28. The van der Waals surface area contributed by atoms with Crippen molar-refractivity contribution in [3.05, 3.63) is 0 Å². The molecule has 2 aliphatic carbocycles. The van der Waals surface area contributed by atoms with Crippen LogP contribution < -0.4 is 11.5 Å². The van der Waals surface area contributed by atoms with Crippen LogP contribution in [-0.2, 0) is 9.59 Å². The van der Waals surface area contributed by atoms with Crippen molar-refractivity contribution in [2.24, 2.45) is 22.8 Å². The van der Waals surface area contributed by atoms with Crippen LogP contribution in [0.1, 0.15) is 58.3 Å². The summed E-state index contributed by atoms with van der Waals surface area (Å²) < 4.78 is 0. The average Bonchev–Trinajstić information content (AvgIpc) is 2.99. The number of nitrogens with zero attached hydrogens (tertiary/aromatic N) is 1. The standard InChI is InChI=1S/C16H29N3O2/c1-12-6-8-16(11-17,9-7-12)15(21)19(10-14(18)20)13-4-2-3-5-13/h12-13H,2-11,17H2,1H3,(H2,18,20). The average molecular weight is 295 g/mol. The van der Waals surface area contributed by atoms with Crippen molar-refractivity contribution >= 4 is 11.8 Å². The summed E-state index contributed by atoms with van der Waals surface area (Å²) in [6, 6.07) is 0.174. The molecule has 0 aromatic rings. The van der Waals surface area contributed by atoms with E-state index < -0.39 is 11.3 Å². The second-order valence-electron chi connectivity index (χ2n) is 7.00. The van der Waals surface area contributed by atoms with E-state index in [4.69, 9.17) is 11.5 Å². The number of carbonyl (C=O) groups is 2. The van der Waals surface area contributed by atoms with Crippen molar-refractivity contribution in [2.75, 3.05) is 13.1 Å². The van der Waals surface area contributed by atoms with Gasteiger partial charge in [-0.05, 0) is 44.4 Å². The molecule has 0 atom stereocenters. The molecule has 0 bridgehead atoms. The van der Waals surface area contributed by atoms with Crippen LogP contribution in [-0.4, -0.2) is 35.8 Å². The molecule has 0 saturated heterocycles. The van der Waals surface area contributed by atoms with Crippen LogP contribution in [0.25, 0.3) is 0 Å². The summed E-state index contributed by atoms with van der Waals surface area (Å²) in [5, 5.41) is 0. The van der Waals surface area contributed by atoms with Gasteiger partial charge in [-0.2, -0.15) is 0 Å². The number of hydrogen-bond acceptors (Lipinski definition) is 3. The molecule has 5 nitrogen and oxygen atoms in total. The summed E-state index contributed by atoms with van der Waals surface area (Å²) in [6.07, 6.45) is 7.97. The van der Waals surface area contributed by atoms with Crippen LogP contribution in [0.2, 0.25) is 0 Å². The van der Waals surface area contributed by atoms with Gasteiger partial charge in [0.05, 0.1) is 12.0 Å². The van der Waals surface area contributed by atoms with Gasteiger partial charge in [0.25, 0.3) is 0 Å². The molecule has 5 heteroatoms. The highest BCUT2D eigenvalue weighted by atomic mass is 16.2. The molecule has 21 heavy (non-hydrogen) atoms. The monoisotopic (exact) mass is 295 g/mol. The predicted octanol–water partition coefficient (Wildman–Crippen LogP) is 1.40. The van der Waals surface area contributed by atoms with E-state index in [1.807, 2.05) is 0 Å². The molecule has 0 aromatic carbocycles. The lowest BCUT2D eigenvalue weighted by atomic mass is 9.69. The lowest BCUT2D eigenvalue weighted by molar-refractivity contribution is -0.148. The molecular weight excluding hydrogens is 266 g/mol. The number of primary amides is 1. The molecule has 2 aliphatic rings. The minimum atomic E-state index is -0.468. The Morgan fingerprint density at radius 3 is 2.19 bits per heavy atom. The molecule has 0 radical (unpaired) electrons. The van der Waals surface area contributed by atoms with Gasteiger partial charge in [0.15, 0.2) is 0 Å². The normalized spacial score (nSPS) is 30.3. The van der Waals surface area contributed by atoms with Gasteiger partial charge in [-0.3, -0.25) is 9.59 Å². The van der Waals surface area contributed by atoms with Crippen molar-refractivity contribution in [1.82, 2.24) is 4.90 Å². The van der Waals surface area contributed by atoms with Gasteiger partial charge in [-0.25, -0.2) is 0 Å². The molecule has 2 amide bonds. The smallest absolute Gasteiger partial charge is 0.237 e. The Kier molecular flexibility index (Phi) is 5.25. The van der Waals surface area contributed by atoms with Gasteiger partial charge in [0, 0.05) is 12.6 Å². The Morgan fingerprint density at radius 1 is 1.14 bits per heavy atom. The SMILES string of the molecule is CC1CCC(CN)(C(=O)N(CC(N)=O)C2CCCC2)CC1.